The van der Waals surface area contributed by atoms with Crippen LogP contribution < -0.4 is 10.2 Å². The van der Waals surface area contributed by atoms with Gasteiger partial charge in [-0.05, 0) is 47.0 Å². The maximum Gasteiger partial charge on any atom is 0.498 e. The SMILES string of the molecule is CC(=O)N1CCCCC1COc1ncc(B2OC(C)(C)C(C)(C)O2)cn1. The fourth-order valence-corrected chi connectivity index (χ4v) is 3.26. The van der Waals surface area contributed by atoms with Gasteiger partial charge in [0.25, 0.3) is 0 Å². The number of ether oxygens (including phenoxy) is 1. The van der Waals surface area contributed by atoms with Gasteiger partial charge in [-0.25, -0.2) is 9.97 Å². The van der Waals surface area contributed by atoms with Crippen molar-refractivity contribution in [1.29, 1.82) is 0 Å². The maximum atomic E-state index is 11.7. The molecule has 1 atom stereocenters. The lowest BCUT2D eigenvalue weighted by Crippen LogP contribution is -2.45. The Balaban J connectivity index is 1.59. The second kappa shape index (κ2) is 7.16. The molecule has 0 radical (unpaired) electrons. The quantitative estimate of drug-likeness (QED) is 0.758. The molecule has 0 N–H and O–H groups in total. The molecule has 1 aromatic heterocycles. The second-order valence-corrected chi connectivity index (χ2v) is 8.06. The highest BCUT2D eigenvalue weighted by molar-refractivity contribution is 6.61. The Labute approximate surface area is 155 Å². The van der Waals surface area contributed by atoms with Crippen LogP contribution in [0, 0.1) is 0 Å². The van der Waals surface area contributed by atoms with E-state index >= 15 is 0 Å². The van der Waals surface area contributed by atoms with Crippen LogP contribution in [-0.4, -0.2) is 58.3 Å². The first-order chi connectivity index (χ1) is 12.2. The van der Waals surface area contributed by atoms with Crippen molar-refractivity contribution in [2.75, 3.05) is 13.2 Å². The molecule has 2 fully saturated rings. The highest BCUT2D eigenvalue weighted by Gasteiger charge is 2.52. The molecule has 1 aromatic rings. The van der Waals surface area contributed by atoms with E-state index in [1.165, 1.54) is 0 Å². The molecule has 8 heteroatoms. The smallest absolute Gasteiger partial charge is 0.461 e. The number of amides is 1. The number of hydrogen-bond donors (Lipinski definition) is 0. The number of carbonyl (C=O) groups is 1. The van der Waals surface area contributed by atoms with Crippen molar-refractivity contribution in [2.24, 2.45) is 0 Å². The molecule has 0 bridgehead atoms. The van der Waals surface area contributed by atoms with Crippen molar-refractivity contribution in [2.45, 2.75) is 71.1 Å². The predicted molar refractivity (Wildman–Crippen MR) is 98.3 cm³/mol. The fraction of sp³-hybridized carbons (Fsp3) is 0.722. The van der Waals surface area contributed by atoms with Crippen LogP contribution in [0.25, 0.3) is 0 Å². The van der Waals surface area contributed by atoms with E-state index < -0.39 is 18.3 Å². The first-order valence-corrected chi connectivity index (χ1v) is 9.27. The van der Waals surface area contributed by atoms with Gasteiger partial charge in [0.1, 0.15) is 6.61 Å². The molecule has 0 saturated carbocycles. The Bertz CT molecular complexity index is 634. The van der Waals surface area contributed by atoms with Gasteiger partial charge in [0.2, 0.25) is 5.91 Å². The minimum absolute atomic E-state index is 0.0904. The summed E-state index contributed by atoms with van der Waals surface area (Å²) in [6.45, 7) is 10.9. The number of carbonyl (C=O) groups excluding carboxylic acids is 1. The van der Waals surface area contributed by atoms with Crippen LogP contribution in [-0.2, 0) is 14.1 Å². The molecule has 0 aromatic carbocycles. The molecule has 1 amide bonds. The lowest BCUT2D eigenvalue weighted by molar-refractivity contribution is -0.133. The van der Waals surface area contributed by atoms with Crippen molar-refractivity contribution < 1.29 is 18.8 Å². The van der Waals surface area contributed by atoms with E-state index in [2.05, 4.69) is 9.97 Å². The van der Waals surface area contributed by atoms with Gasteiger partial charge in [0.15, 0.2) is 0 Å². The third-order valence-corrected chi connectivity index (χ3v) is 5.61. The number of rotatable bonds is 4. The highest BCUT2D eigenvalue weighted by atomic mass is 16.7. The van der Waals surface area contributed by atoms with Crippen LogP contribution in [0.1, 0.15) is 53.9 Å². The minimum atomic E-state index is -0.486. The normalized spacial score (nSPS) is 24.6. The van der Waals surface area contributed by atoms with Gasteiger partial charge >= 0.3 is 13.1 Å². The van der Waals surface area contributed by atoms with Crippen LogP contribution in [0.4, 0.5) is 0 Å². The topological polar surface area (TPSA) is 73.8 Å². The van der Waals surface area contributed by atoms with E-state index in [1.807, 2.05) is 32.6 Å². The van der Waals surface area contributed by atoms with E-state index in [0.717, 1.165) is 31.3 Å². The Morgan fingerprint density at radius 2 is 1.85 bits per heavy atom. The molecule has 1 unspecified atom stereocenters. The monoisotopic (exact) mass is 361 g/mol. The van der Waals surface area contributed by atoms with Crippen molar-refractivity contribution in [3.63, 3.8) is 0 Å². The molecule has 2 saturated heterocycles. The van der Waals surface area contributed by atoms with Crippen LogP contribution in [0.2, 0.25) is 0 Å². The average molecular weight is 361 g/mol. The van der Waals surface area contributed by atoms with Crippen LogP contribution in [0.3, 0.4) is 0 Å². The van der Waals surface area contributed by atoms with Crippen LogP contribution in [0.15, 0.2) is 12.4 Å². The van der Waals surface area contributed by atoms with Crippen molar-refractivity contribution >= 4 is 18.5 Å². The fourth-order valence-electron chi connectivity index (χ4n) is 3.26. The van der Waals surface area contributed by atoms with Crippen LogP contribution in [0.5, 0.6) is 6.01 Å². The number of nitrogens with zero attached hydrogens (tertiary/aromatic N) is 3. The Morgan fingerprint density at radius 1 is 1.23 bits per heavy atom. The minimum Gasteiger partial charge on any atom is -0.461 e. The third-order valence-electron chi connectivity index (χ3n) is 5.61. The maximum absolute atomic E-state index is 11.7. The van der Waals surface area contributed by atoms with Gasteiger partial charge in [0.05, 0.1) is 17.2 Å². The Morgan fingerprint density at radius 3 is 2.42 bits per heavy atom. The molecule has 142 valence electrons. The van der Waals surface area contributed by atoms with Crippen molar-refractivity contribution in [1.82, 2.24) is 14.9 Å². The third kappa shape index (κ3) is 3.86. The molecule has 0 aliphatic carbocycles. The van der Waals surface area contributed by atoms with Gasteiger partial charge in [-0.2, -0.15) is 0 Å². The zero-order valence-corrected chi connectivity index (χ0v) is 16.3. The molecule has 26 heavy (non-hydrogen) atoms. The summed E-state index contributed by atoms with van der Waals surface area (Å²) >= 11 is 0. The first kappa shape index (κ1) is 19.1. The number of likely N-dealkylation sites (tertiary alicyclic amines) is 1. The van der Waals surface area contributed by atoms with E-state index in [1.54, 1.807) is 19.3 Å². The lowest BCUT2D eigenvalue weighted by Gasteiger charge is -2.34. The molecule has 7 nitrogen and oxygen atoms in total. The largest absolute Gasteiger partial charge is 0.498 e. The zero-order chi connectivity index (χ0) is 18.9. The summed E-state index contributed by atoms with van der Waals surface area (Å²) in [5.41, 5.74) is -0.0347. The van der Waals surface area contributed by atoms with Crippen molar-refractivity contribution in [3.05, 3.63) is 12.4 Å². The Kier molecular flexibility index (Phi) is 5.26. The van der Waals surface area contributed by atoms with Gasteiger partial charge in [-0.3, -0.25) is 4.79 Å². The van der Waals surface area contributed by atoms with Gasteiger partial charge in [-0.1, -0.05) is 0 Å². The summed E-state index contributed by atoms with van der Waals surface area (Å²) in [6.07, 6.45) is 6.46. The predicted octanol–water partition coefficient (Wildman–Crippen LogP) is 1.56. The first-order valence-electron chi connectivity index (χ1n) is 9.27. The van der Waals surface area contributed by atoms with E-state index in [0.29, 0.717) is 12.6 Å². The van der Waals surface area contributed by atoms with E-state index in [9.17, 15) is 4.79 Å². The number of aromatic nitrogens is 2. The van der Waals surface area contributed by atoms with Crippen molar-refractivity contribution in [3.8, 4) is 6.01 Å². The van der Waals surface area contributed by atoms with Gasteiger partial charge in [0, 0.05) is 31.3 Å². The van der Waals surface area contributed by atoms with E-state index in [-0.39, 0.29) is 11.9 Å². The molecule has 0 spiro atoms. The van der Waals surface area contributed by atoms with Crippen LogP contribution >= 0.6 is 0 Å². The highest BCUT2D eigenvalue weighted by Crippen LogP contribution is 2.36. The molecular formula is C18H28BN3O4. The molecule has 2 aliphatic heterocycles. The van der Waals surface area contributed by atoms with E-state index in [4.69, 9.17) is 14.0 Å². The summed E-state index contributed by atoms with van der Waals surface area (Å²) in [5, 5.41) is 0. The molecule has 3 rings (SSSR count). The molecule has 2 aliphatic rings. The summed E-state index contributed by atoms with van der Waals surface area (Å²) < 4.78 is 17.7. The van der Waals surface area contributed by atoms with Gasteiger partial charge in [-0.15, -0.1) is 0 Å². The summed E-state index contributed by atoms with van der Waals surface area (Å²) in [5.74, 6) is 0.0929. The summed E-state index contributed by atoms with van der Waals surface area (Å²) in [7, 11) is -0.486. The Hall–Kier alpha value is -1.67. The summed E-state index contributed by atoms with van der Waals surface area (Å²) in [6, 6.07) is 0.395. The molecular weight excluding hydrogens is 333 g/mol. The average Bonchev–Trinajstić information content (AvgIpc) is 2.81. The second-order valence-electron chi connectivity index (χ2n) is 8.06. The lowest BCUT2D eigenvalue weighted by atomic mass is 9.81. The zero-order valence-electron chi connectivity index (χ0n) is 16.3. The van der Waals surface area contributed by atoms with Gasteiger partial charge < -0.3 is 18.9 Å². The molecule has 3 heterocycles. The standard InChI is InChI=1S/C18H28BN3O4/c1-13(23)22-9-7-6-8-15(22)12-24-16-20-10-14(11-21-16)19-25-17(2,3)18(4,5)26-19/h10-11,15H,6-9,12H2,1-5H3. The number of piperidine rings is 1. The summed E-state index contributed by atoms with van der Waals surface area (Å²) in [4.78, 5) is 22.2. The number of hydrogen-bond acceptors (Lipinski definition) is 6.